The summed E-state index contributed by atoms with van der Waals surface area (Å²) in [5, 5.41) is 9.34. The molecule has 0 unspecified atom stereocenters. The summed E-state index contributed by atoms with van der Waals surface area (Å²) in [5.74, 6) is -0.0414. The van der Waals surface area contributed by atoms with Crippen LogP contribution in [0, 0.1) is 12.3 Å². The third kappa shape index (κ3) is 2.55. The van der Waals surface area contributed by atoms with E-state index in [1.165, 1.54) is 0 Å². The number of aryl methyl sites for hydroxylation is 1. The number of nitrogens with zero attached hydrogens (tertiary/aromatic N) is 1. The minimum absolute atomic E-state index is 0.00887. The van der Waals surface area contributed by atoms with E-state index < -0.39 is 15.4 Å². The van der Waals surface area contributed by atoms with Crippen LogP contribution in [0.1, 0.15) is 37.8 Å². The molecule has 2 aliphatic rings. The molecule has 1 saturated carbocycles. The molecular formula is C17H24N2O4S. The maximum Gasteiger partial charge on any atom is 0.240 e. The first-order valence-electron chi connectivity index (χ1n) is 8.08. The molecule has 24 heavy (non-hydrogen) atoms. The van der Waals surface area contributed by atoms with Crippen LogP contribution in [0.5, 0.6) is 0 Å². The Balaban J connectivity index is 1.97. The van der Waals surface area contributed by atoms with Crippen LogP contribution in [0.3, 0.4) is 0 Å². The molecule has 2 N–H and O–H groups in total. The van der Waals surface area contributed by atoms with E-state index in [1.54, 1.807) is 24.1 Å². The van der Waals surface area contributed by atoms with E-state index in [1.807, 2.05) is 20.8 Å². The van der Waals surface area contributed by atoms with Crippen molar-refractivity contribution >= 4 is 21.6 Å². The van der Waals surface area contributed by atoms with Crippen LogP contribution in [0.25, 0.3) is 0 Å². The lowest BCUT2D eigenvalue weighted by molar-refractivity contribution is -0.121. The van der Waals surface area contributed by atoms with Crippen LogP contribution in [0.15, 0.2) is 17.0 Å². The number of hydrogen-bond acceptors (Lipinski definition) is 4. The molecule has 0 saturated heterocycles. The fourth-order valence-corrected chi connectivity index (χ4v) is 4.63. The lowest BCUT2D eigenvalue weighted by atomic mass is 9.85. The summed E-state index contributed by atoms with van der Waals surface area (Å²) in [7, 11) is -1.97. The van der Waals surface area contributed by atoms with Crippen LogP contribution in [-0.2, 0) is 20.2 Å². The van der Waals surface area contributed by atoms with Crippen molar-refractivity contribution in [3.05, 3.63) is 23.3 Å². The Kier molecular flexibility index (Phi) is 3.82. The van der Waals surface area contributed by atoms with Crippen molar-refractivity contribution in [1.29, 1.82) is 0 Å². The van der Waals surface area contributed by atoms with E-state index in [2.05, 4.69) is 4.72 Å². The third-order valence-corrected chi connectivity index (χ3v) is 6.74. The van der Waals surface area contributed by atoms with Gasteiger partial charge in [0.25, 0.3) is 0 Å². The SMILES string of the molecule is Cc1cc(S(=O)(=O)NCC2(CO)CC2)cc2c1N(C)C(=O)C2(C)C. The summed E-state index contributed by atoms with van der Waals surface area (Å²) in [6.07, 6.45) is 1.67. The number of benzene rings is 1. The van der Waals surface area contributed by atoms with Gasteiger partial charge in [0, 0.05) is 25.6 Å². The number of sulfonamides is 1. The average Bonchev–Trinajstić information content (AvgIpc) is 3.28. The number of hydrogen-bond donors (Lipinski definition) is 2. The van der Waals surface area contributed by atoms with Gasteiger partial charge >= 0.3 is 0 Å². The van der Waals surface area contributed by atoms with Gasteiger partial charge in [-0.25, -0.2) is 13.1 Å². The van der Waals surface area contributed by atoms with Gasteiger partial charge in [-0.1, -0.05) is 0 Å². The second kappa shape index (κ2) is 5.28. The molecule has 1 amide bonds. The minimum Gasteiger partial charge on any atom is -0.396 e. The second-order valence-corrected chi connectivity index (χ2v) is 9.38. The van der Waals surface area contributed by atoms with Crippen molar-refractivity contribution < 1.29 is 18.3 Å². The second-order valence-electron chi connectivity index (χ2n) is 7.61. The molecule has 0 radical (unpaired) electrons. The minimum atomic E-state index is -3.68. The molecule has 1 aromatic carbocycles. The van der Waals surface area contributed by atoms with Gasteiger partial charge < -0.3 is 10.0 Å². The first-order chi connectivity index (χ1) is 11.0. The summed E-state index contributed by atoms with van der Waals surface area (Å²) in [6.45, 7) is 5.67. The summed E-state index contributed by atoms with van der Waals surface area (Å²) < 4.78 is 27.9. The Morgan fingerprint density at radius 1 is 1.29 bits per heavy atom. The fraction of sp³-hybridized carbons (Fsp3) is 0.588. The molecule has 3 rings (SSSR count). The zero-order valence-electron chi connectivity index (χ0n) is 14.5. The number of aliphatic hydroxyl groups is 1. The van der Waals surface area contributed by atoms with Gasteiger partial charge in [0.2, 0.25) is 15.9 Å². The first-order valence-corrected chi connectivity index (χ1v) is 9.56. The number of aliphatic hydroxyl groups excluding tert-OH is 1. The highest BCUT2D eigenvalue weighted by molar-refractivity contribution is 7.89. The summed E-state index contributed by atoms with van der Waals surface area (Å²) in [5.41, 5.74) is 1.24. The number of amides is 1. The Hall–Kier alpha value is -1.44. The molecule has 6 nitrogen and oxygen atoms in total. The number of carbonyl (C=O) groups excluding carboxylic acids is 1. The largest absolute Gasteiger partial charge is 0.396 e. The molecule has 0 spiro atoms. The van der Waals surface area contributed by atoms with Gasteiger partial charge in [-0.15, -0.1) is 0 Å². The molecule has 0 bridgehead atoms. The Morgan fingerprint density at radius 2 is 1.92 bits per heavy atom. The highest BCUT2D eigenvalue weighted by Gasteiger charge is 2.45. The molecule has 132 valence electrons. The zero-order valence-corrected chi connectivity index (χ0v) is 15.3. The molecule has 0 aromatic heterocycles. The maximum absolute atomic E-state index is 12.7. The summed E-state index contributed by atoms with van der Waals surface area (Å²) in [6, 6.07) is 3.20. The number of likely N-dealkylation sites (N-methyl/N-ethyl adjacent to an activating group) is 1. The summed E-state index contributed by atoms with van der Waals surface area (Å²) in [4.78, 5) is 14.2. The zero-order chi connectivity index (χ0) is 17.9. The Labute approximate surface area is 142 Å². The van der Waals surface area contributed by atoms with Crippen molar-refractivity contribution in [1.82, 2.24) is 4.72 Å². The van der Waals surface area contributed by atoms with Gasteiger partial charge in [0.1, 0.15) is 0 Å². The normalized spacial score (nSPS) is 21.0. The predicted molar refractivity (Wildman–Crippen MR) is 91.6 cm³/mol. The molecule has 7 heteroatoms. The van der Waals surface area contributed by atoms with Crippen molar-refractivity contribution in [3.8, 4) is 0 Å². The lowest BCUT2D eigenvalue weighted by Gasteiger charge is -2.18. The Morgan fingerprint density at radius 3 is 2.46 bits per heavy atom. The van der Waals surface area contributed by atoms with Crippen molar-refractivity contribution in [2.45, 2.75) is 43.9 Å². The fourth-order valence-electron chi connectivity index (χ4n) is 3.36. The number of carbonyl (C=O) groups is 1. The van der Waals surface area contributed by atoms with E-state index in [0.29, 0.717) is 0 Å². The van der Waals surface area contributed by atoms with Crippen LogP contribution < -0.4 is 9.62 Å². The predicted octanol–water partition coefficient (Wildman–Crippen LogP) is 1.30. The molecule has 0 atom stereocenters. The molecule has 1 aliphatic carbocycles. The number of nitrogens with one attached hydrogen (secondary N) is 1. The molecule has 1 aromatic rings. The topological polar surface area (TPSA) is 86.7 Å². The third-order valence-electron chi connectivity index (χ3n) is 5.36. The summed E-state index contributed by atoms with van der Waals surface area (Å²) >= 11 is 0. The van der Waals surface area contributed by atoms with E-state index in [-0.39, 0.29) is 29.4 Å². The quantitative estimate of drug-likeness (QED) is 0.836. The number of anilines is 1. The monoisotopic (exact) mass is 352 g/mol. The number of rotatable bonds is 5. The van der Waals surface area contributed by atoms with E-state index in [9.17, 15) is 18.3 Å². The van der Waals surface area contributed by atoms with Crippen LogP contribution >= 0.6 is 0 Å². The van der Waals surface area contributed by atoms with Crippen LogP contribution in [0.4, 0.5) is 5.69 Å². The van der Waals surface area contributed by atoms with Gasteiger partial charge in [-0.05, 0) is 56.9 Å². The van der Waals surface area contributed by atoms with Crippen molar-refractivity contribution in [2.24, 2.45) is 5.41 Å². The lowest BCUT2D eigenvalue weighted by Crippen LogP contribution is -2.33. The van der Waals surface area contributed by atoms with Crippen molar-refractivity contribution in [2.75, 3.05) is 25.1 Å². The standard InChI is InChI=1S/C17H24N2O4S/c1-11-7-12(24(22,23)18-9-17(10-20)5-6-17)8-13-14(11)19(4)15(21)16(13,2)3/h7-8,18,20H,5-6,9-10H2,1-4H3. The highest BCUT2D eigenvalue weighted by atomic mass is 32.2. The van der Waals surface area contributed by atoms with E-state index in [0.717, 1.165) is 29.7 Å². The average molecular weight is 352 g/mol. The van der Waals surface area contributed by atoms with Crippen LogP contribution in [-0.4, -0.2) is 39.6 Å². The van der Waals surface area contributed by atoms with E-state index >= 15 is 0 Å². The highest BCUT2D eigenvalue weighted by Crippen LogP contribution is 2.45. The molecule has 1 aliphatic heterocycles. The molecule has 1 heterocycles. The van der Waals surface area contributed by atoms with Gasteiger partial charge in [-0.2, -0.15) is 0 Å². The van der Waals surface area contributed by atoms with E-state index in [4.69, 9.17) is 0 Å². The molecule has 1 fully saturated rings. The van der Waals surface area contributed by atoms with Gasteiger partial charge in [0.15, 0.2) is 0 Å². The van der Waals surface area contributed by atoms with Crippen LogP contribution in [0.2, 0.25) is 0 Å². The van der Waals surface area contributed by atoms with Gasteiger partial charge in [-0.3, -0.25) is 4.79 Å². The Bertz CT molecular complexity index is 810. The smallest absolute Gasteiger partial charge is 0.240 e. The van der Waals surface area contributed by atoms with Gasteiger partial charge in [0.05, 0.1) is 16.0 Å². The molecular weight excluding hydrogens is 328 g/mol. The van der Waals surface area contributed by atoms with Crippen molar-refractivity contribution in [3.63, 3.8) is 0 Å². The first kappa shape index (κ1) is 17.4. The number of fused-ring (bicyclic) bond motifs is 1. The maximum atomic E-state index is 12.7.